The van der Waals surface area contributed by atoms with Gasteiger partial charge in [-0.25, -0.2) is 9.78 Å². The van der Waals surface area contributed by atoms with E-state index in [1.54, 1.807) is 0 Å². The van der Waals surface area contributed by atoms with Gasteiger partial charge in [0, 0.05) is 31.4 Å². The standard InChI is InChI=1S/C19H25N7O5/c1-2-5-26-15(27)8-12(24-19(26)31)17(29)23-13(7-11-9-21-10-22-11)18(30)25-6-3-4-14(25)16(20)28/h2,9-10,12-14H,1,3-8H2,(H2,20,28)(H,21,22)(H,23,29)(H,24,31)/t12-,13+,14+/m0/s1. The molecule has 2 fully saturated rings. The number of hydrogen-bond donors (Lipinski definition) is 4. The van der Waals surface area contributed by atoms with Crippen LogP contribution in [0.4, 0.5) is 4.79 Å². The number of imidazole rings is 1. The summed E-state index contributed by atoms with van der Waals surface area (Å²) in [6, 6.07) is -3.60. The molecule has 0 saturated carbocycles. The highest BCUT2D eigenvalue weighted by Crippen LogP contribution is 2.19. The first kappa shape index (κ1) is 22.0. The number of rotatable bonds is 8. The first-order valence-corrected chi connectivity index (χ1v) is 9.91. The quantitative estimate of drug-likeness (QED) is 0.362. The third-order valence-electron chi connectivity index (χ3n) is 5.31. The summed E-state index contributed by atoms with van der Waals surface area (Å²) < 4.78 is 0. The fourth-order valence-electron chi connectivity index (χ4n) is 3.76. The van der Waals surface area contributed by atoms with Crippen molar-refractivity contribution in [3.8, 4) is 0 Å². The number of likely N-dealkylation sites (tertiary alicyclic amines) is 1. The molecular formula is C19H25N7O5. The minimum Gasteiger partial charge on any atom is -0.368 e. The minimum atomic E-state index is -1.12. The average Bonchev–Trinajstić information content (AvgIpc) is 3.41. The van der Waals surface area contributed by atoms with Crippen molar-refractivity contribution in [3.63, 3.8) is 0 Å². The molecule has 12 nitrogen and oxygen atoms in total. The van der Waals surface area contributed by atoms with Crippen LogP contribution in [-0.4, -0.2) is 80.6 Å². The molecule has 3 atom stereocenters. The highest BCUT2D eigenvalue weighted by Gasteiger charge is 2.39. The van der Waals surface area contributed by atoms with Crippen molar-refractivity contribution >= 4 is 29.7 Å². The molecule has 0 radical (unpaired) electrons. The zero-order chi connectivity index (χ0) is 22.5. The molecule has 1 aromatic heterocycles. The van der Waals surface area contributed by atoms with Crippen molar-refractivity contribution in [2.24, 2.45) is 5.73 Å². The van der Waals surface area contributed by atoms with E-state index in [0.29, 0.717) is 25.1 Å². The molecule has 0 aliphatic carbocycles. The van der Waals surface area contributed by atoms with Gasteiger partial charge in [-0.3, -0.25) is 24.1 Å². The highest BCUT2D eigenvalue weighted by molar-refractivity contribution is 6.03. The van der Waals surface area contributed by atoms with Gasteiger partial charge in [0.15, 0.2) is 0 Å². The number of aromatic nitrogens is 2. The van der Waals surface area contributed by atoms with Crippen molar-refractivity contribution in [1.82, 2.24) is 30.4 Å². The Kier molecular flexibility index (Phi) is 6.68. The lowest BCUT2D eigenvalue weighted by Gasteiger charge is -2.32. The number of carbonyl (C=O) groups is 5. The summed E-state index contributed by atoms with van der Waals surface area (Å²) in [6.07, 6.45) is 5.28. The first-order valence-electron chi connectivity index (χ1n) is 9.91. The molecule has 1 aromatic rings. The van der Waals surface area contributed by atoms with Gasteiger partial charge in [-0.05, 0) is 12.8 Å². The molecule has 2 saturated heterocycles. The van der Waals surface area contributed by atoms with Gasteiger partial charge < -0.3 is 26.3 Å². The molecular weight excluding hydrogens is 406 g/mol. The smallest absolute Gasteiger partial charge is 0.325 e. The summed E-state index contributed by atoms with van der Waals surface area (Å²) in [5.74, 6) is -2.27. The zero-order valence-corrected chi connectivity index (χ0v) is 16.9. The van der Waals surface area contributed by atoms with E-state index in [4.69, 9.17) is 5.73 Å². The van der Waals surface area contributed by atoms with Crippen molar-refractivity contribution < 1.29 is 24.0 Å². The number of aromatic amines is 1. The van der Waals surface area contributed by atoms with E-state index in [-0.39, 0.29) is 19.4 Å². The number of amides is 6. The Hall–Kier alpha value is -3.70. The fraction of sp³-hybridized carbons (Fsp3) is 0.474. The summed E-state index contributed by atoms with van der Waals surface area (Å²) in [6.45, 7) is 3.87. The third kappa shape index (κ3) is 4.90. The van der Waals surface area contributed by atoms with Crippen LogP contribution in [0.2, 0.25) is 0 Å². The number of primary amides is 1. The van der Waals surface area contributed by atoms with E-state index >= 15 is 0 Å². The van der Waals surface area contributed by atoms with Gasteiger partial charge in [0.1, 0.15) is 18.1 Å². The Morgan fingerprint density at radius 3 is 2.77 bits per heavy atom. The van der Waals surface area contributed by atoms with Crippen LogP contribution in [0.3, 0.4) is 0 Å². The maximum absolute atomic E-state index is 13.2. The Balaban J connectivity index is 1.74. The van der Waals surface area contributed by atoms with Crippen LogP contribution in [0.1, 0.15) is 25.0 Å². The number of H-pyrrole nitrogens is 1. The minimum absolute atomic E-state index is 0.0312. The molecule has 5 N–H and O–H groups in total. The van der Waals surface area contributed by atoms with Gasteiger partial charge in [-0.2, -0.15) is 0 Å². The predicted molar refractivity (Wildman–Crippen MR) is 107 cm³/mol. The molecule has 3 heterocycles. The van der Waals surface area contributed by atoms with Crippen LogP contribution < -0.4 is 16.4 Å². The SMILES string of the molecule is C=CCN1C(=O)C[C@@H](C(=O)N[C@H](Cc2cnc[nH]2)C(=O)N2CCC[C@@H]2C(N)=O)NC1=O. The van der Waals surface area contributed by atoms with E-state index in [1.165, 1.54) is 23.5 Å². The number of nitrogens with two attached hydrogens (primary N) is 1. The van der Waals surface area contributed by atoms with Crippen molar-refractivity contribution in [3.05, 3.63) is 30.9 Å². The Morgan fingerprint density at radius 1 is 1.39 bits per heavy atom. The lowest BCUT2D eigenvalue weighted by atomic mass is 10.1. The normalized spacial score (nSPS) is 22.1. The molecule has 0 spiro atoms. The van der Waals surface area contributed by atoms with Gasteiger partial charge in [0.25, 0.3) is 0 Å². The lowest BCUT2D eigenvalue weighted by molar-refractivity contribution is -0.141. The van der Waals surface area contributed by atoms with E-state index in [2.05, 4.69) is 27.2 Å². The third-order valence-corrected chi connectivity index (χ3v) is 5.31. The second-order valence-electron chi connectivity index (χ2n) is 7.43. The Morgan fingerprint density at radius 2 is 2.16 bits per heavy atom. The molecule has 6 amide bonds. The van der Waals surface area contributed by atoms with Gasteiger partial charge in [-0.1, -0.05) is 6.08 Å². The first-order chi connectivity index (χ1) is 14.8. The summed E-state index contributed by atoms with van der Waals surface area (Å²) in [4.78, 5) is 71.1. The zero-order valence-electron chi connectivity index (χ0n) is 16.9. The van der Waals surface area contributed by atoms with Gasteiger partial charge >= 0.3 is 6.03 Å². The molecule has 0 unspecified atom stereocenters. The van der Waals surface area contributed by atoms with Gasteiger partial charge in [0.05, 0.1) is 12.7 Å². The highest BCUT2D eigenvalue weighted by atomic mass is 16.2. The van der Waals surface area contributed by atoms with Crippen molar-refractivity contribution in [1.29, 1.82) is 0 Å². The van der Waals surface area contributed by atoms with E-state index < -0.39 is 47.8 Å². The molecule has 0 aromatic carbocycles. The topological polar surface area (TPSA) is 171 Å². The number of hydrogen-bond acceptors (Lipinski definition) is 6. The number of urea groups is 1. The van der Waals surface area contributed by atoms with E-state index in [0.717, 1.165) is 4.90 Å². The number of nitrogens with one attached hydrogen (secondary N) is 3. The van der Waals surface area contributed by atoms with Gasteiger partial charge in [0.2, 0.25) is 23.6 Å². The predicted octanol–water partition coefficient (Wildman–Crippen LogP) is -1.59. The van der Waals surface area contributed by atoms with E-state index in [9.17, 15) is 24.0 Å². The van der Waals surface area contributed by atoms with Gasteiger partial charge in [-0.15, -0.1) is 6.58 Å². The van der Waals surface area contributed by atoms with Crippen molar-refractivity contribution in [2.75, 3.05) is 13.1 Å². The summed E-state index contributed by atoms with van der Waals surface area (Å²) >= 11 is 0. The second-order valence-corrected chi connectivity index (χ2v) is 7.43. The largest absolute Gasteiger partial charge is 0.368 e. The molecule has 0 bridgehead atoms. The average molecular weight is 431 g/mol. The summed E-state index contributed by atoms with van der Waals surface area (Å²) in [5.41, 5.74) is 6.01. The number of nitrogens with zero attached hydrogens (tertiary/aromatic N) is 3. The summed E-state index contributed by atoms with van der Waals surface area (Å²) in [7, 11) is 0. The monoisotopic (exact) mass is 431 g/mol. The molecule has 3 rings (SSSR count). The van der Waals surface area contributed by atoms with Crippen LogP contribution in [0, 0.1) is 0 Å². The second kappa shape index (κ2) is 9.41. The Labute approximate surface area is 178 Å². The molecule has 12 heteroatoms. The molecule has 2 aliphatic heterocycles. The van der Waals surface area contributed by atoms with Crippen molar-refractivity contribution in [2.45, 2.75) is 43.8 Å². The lowest BCUT2D eigenvalue weighted by Crippen LogP contribution is -2.62. The number of imide groups is 1. The maximum Gasteiger partial charge on any atom is 0.325 e. The molecule has 2 aliphatic rings. The van der Waals surface area contributed by atoms with E-state index in [1.807, 2.05) is 0 Å². The van der Waals surface area contributed by atoms with Crippen LogP contribution in [0.25, 0.3) is 0 Å². The molecule has 166 valence electrons. The number of carbonyl (C=O) groups excluding carboxylic acids is 5. The van der Waals surface area contributed by atoms with Crippen LogP contribution in [-0.2, 0) is 25.6 Å². The van der Waals surface area contributed by atoms with Crippen LogP contribution >= 0.6 is 0 Å². The van der Waals surface area contributed by atoms with Crippen LogP contribution in [0.15, 0.2) is 25.2 Å². The fourth-order valence-corrected chi connectivity index (χ4v) is 3.76. The Bertz CT molecular complexity index is 866. The summed E-state index contributed by atoms with van der Waals surface area (Å²) in [5, 5.41) is 5.08. The maximum atomic E-state index is 13.2. The molecule has 31 heavy (non-hydrogen) atoms. The van der Waals surface area contributed by atoms with Crippen LogP contribution in [0.5, 0.6) is 0 Å².